The molecular formula is C14H14BrClN2O. The summed E-state index contributed by atoms with van der Waals surface area (Å²) in [6.45, 7) is 4.19. The Balaban J connectivity index is 2.46. The Morgan fingerprint density at radius 3 is 2.74 bits per heavy atom. The van der Waals surface area contributed by atoms with Crippen LogP contribution in [-0.2, 0) is 6.42 Å². The maximum atomic E-state index is 11.7. The van der Waals surface area contributed by atoms with Crippen molar-refractivity contribution < 1.29 is 0 Å². The zero-order valence-electron chi connectivity index (χ0n) is 10.7. The van der Waals surface area contributed by atoms with Gasteiger partial charge in [0.15, 0.2) is 0 Å². The summed E-state index contributed by atoms with van der Waals surface area (Å²) in [6, 6.07) is 7.03. The lowest BCUT2D eigenvalue weighted by Crippen LogP contribution is -2.11. The molecule has 0 bridgehead atoms. The predicted molar refractivity (Wildman–Crippen MR) is 81.5 cm³/mol. The molecule has 0 saturated carbocycles. The van der Waals surface area contributed by atoms with Crippen molar-refractivity contribution in [2.45, 2.75) is 20.3 Å². The van der Waals surface area contributed by atoms with Gasteiger partial charge in [0.05, 0.1) is 5.02 Å². The third kappa shape index (κ3) is 3.67. The molecule has 5 heteroatoms. The number of aromatic amines is 1. The van der Waals surface area contributed by atoms with Crippen molar-refractivity contribution in [2.75, 3.05) is 0 Å². The van der Waals surface area contributed by atoms with E-state index < -0.39 is 0 Å². The fourth-order valence-electron chi connectivity index (χ4n) is 1.81. The van der Waals surface area contributed by atoms with E-state index in [-0.39, 0.29) is 5.56 Å². The van der Waals surface area contributed by atoms with Crippen LogP contribution in [0.15, 0.2) is 33.5 Å². The third-order valence-electron chi connectivity index (χ3n) is 2.61. The van der Waals surface area contributed by atoms with Crippen molar-refractivity contribution in [2.24, 2.45) is 5.92 Å². The summed E-state index contributed by atoms with van der Waals surface area (Å²) >= 11 is 9.40. The van der Waals surface area contributed by atoms with E-state index in [4.69, 9.17) is 11.6 Å². The molecule has 0 aliphatic heterocycles. The summed E-state index contributed by atoms with van der Waals surface area (Å²) in [5, 5.41) is 0.592. The summed E-state index contributed by atoms with van der Waals surface area (Å²) in [6.07, 6.45) is 0.779. The predicted octanol–water partition coefficient (Wildman–Crippen LogP) is 4.05. The first-order chi connectivity index (χ1) is 8.95. The van der Waals surface area contributed by atoms with Crippen LogP contribution in [0, 0.1) is 5.92 Å². The summed E-state index contributed by atoms with van der Waals surface area (Å²) in [5.74, 6) is 1.01. The standard InChI is InChI=1S/C14H14BrClN2O/c1-8(2)5-10-7-13(19)18-14(17-10)9-3-4-11(15)12(16)6-9/h3-4,6-8H,5H2,1-2H3,(H,17,18,19). The Morgan fingerprint density at radius 2 is 2.11 bits per heavy atom. The Morgan fingerprint density at radius 1 is 1.37 bits per heavy atom. The molecule has 1 aromatic carbocycles. The first-order valence-corrected chi connectivity index (χ1v) is 7.18. The Kier molecular flexibility index (Phi) is 4.42. The number of aromatic nitrogens is 2. The maximum Gasteiger partial charge on any atom is 0.251 e. The van der Waals surface area contributed by atoms with Gasteiger partial charge in [-0.2, -0.15) is 0 Å². The highest BCUT2D eigenvalue weighted by Crippen LogP contribution is 2.26. The van der Waals surface area contributed by atoms with E-state index in [1.807, 2.05) is 12.1 Å². The number of hydrogen-bond acceptors (Lipinski definition) is 2. The Labute approximate surface area is 125 Å². The average molecular weight is 342 g/mol. The van der Waals surface area contributed by atoms with Crippen molar-refractivity contribution in [3.8, 4) is 11.4 Å². The number of H-pyrrole nitrogens is 1. The van der Waals surface area contributed by atoms with Crippen LogP contribution in [0.4, 0.5) is 0 Å². The van der Waals surface area contributed by atoms with E-state index in [1.165, 1.54) is 0 Å². The number of rotatable bonds is 3. The molecule has 0 amide bonds. The minimum absolute atomic E-state index is 0.139. The summed E-state index contributed by atoms with van der Waals surface area (Å²) in [5.41, 5.74) is 1.46. The van der Waals surface area contributed by atoms with Crippen LogP contribution >= 0.6 is 27.5 Å². The van der Waals surface area contributed by atoms with E-state index in [0.717, 1.165) is 22.2 Å². The van der Waals surface area contributed by atoms with Crippen molar-refractivity contribution >= 4 is 27.5 Å². The molecule has 0 spiro atoms. The summed E-state index contributed by atoms with van der Waals surface area (Å²) < 4.78 is 0.818. The quantitative estimate of drug-likeness (QED) is 0.915. The number of halogens is 2. The molecule has 0 aliphatic carbocycles. The highest BCUT2D eigenvalue weighted by molar-refractivity contribution is 9.10. The van der Waals surface area contributed by atoms with Gasteiger partial charge in [-0.3, -0.25) is 4.79 Å². The minimum Gasteiger partial charge on any atom is -0.307 e. The molecule has 100 valence electrons. The van der Waals surface area contributed by atoms with Crippen LogP contribution in [0.25, 0.3) is 11.4 Å². The van der Waals surface area contributed by atoms with Gasteiger partial charge in [0.2, 0.25) is 0 Å². The molecule has 0 saturated heterocycles. The SMILES string of the molecule is CC(C)Cc1cc(=O)[nH]c(-c2ccc(Br)c(Cl)c2)n1. The van der Waals surface area contributed by atoms with E-state index in [2.05, 4.69) is 39.7 Å². The number of nitrogens with zero attached hydrogens (tertiary/aromatic N) is 1. The highest BCUT2D eigenvalue weighted by atomic mass is 79.9. The molecule has 0 atom stereocenters. The highest BCUT2D eigenvalue weighted by Gasteiger charge is 2.07. The van der Waals surface area contributed by atoms with Crippen LogP contribution < -0.4 is 5.56 Å². The largest absolute Gasteiger partial charge is 0.307 e. The van der Waals surface area contributed by atoms with E-state index in [0.29, 0.717) is 16.8 Å². The fraction of sp³-hybridized carbons (Fsp3) is 0.286. The van der Waals surface area contributed by atoms with Gasteiger partial charge in [0.25, 0.3) is 5.56 Å². The molecule has 1 heterocycles. The molecule has 0 fully saturated rings. The summed E-state index contributed by atoms with van der Waals surface area (Å²) in [7, 11) is 0. The second kappa shape index (κ2) is 5.88. The van der Waals surface area contributed by atoms with Gasteiger partial charge in [0, 0.05) is 21.8 Å². The van der Waals surface area contributed by atoms with Gasteiger partial charge >= 0.3 is 0 Å². The lowest BCUT2D eigenvalue weighted by atomic mass is 10.1. The lowest BCUT2D eigenvalue weighted by Gasteiger charge is -2.07. The topological polar surface area (TPSA) is 45.8 Å². The molecule has 3 nitrogen and oxygen atoms in total. The van der Waals surface area contributed by atoms with Gasteiger partial charge in [-0.1, -0.05) is 31.5 Å². The Hall–Kier alpha value is -1.13. The zero-order valence-corrected chi connectivity index (χ0v) is 13.0. The van der Waals surface area contributed by atoms with Gasteiger partial charge in [-0.05, 0) is 40.4 Å². The first-order valence-electron chi connectivity index (χ1n) is 6.01. The van der Waals surface area contributed by atoms with Crippen LogP contribution in [0.5, 0.6) is 0 Å². The number of nitrogens with one attached hydrogen (secondary N) is 1. The van der Waals surface area contributed by atoms with Crippen LogP contribution in [0.2, 0.25) is 5.02 Å². The second-order valence-electron chi connectivity index (χ2n) is 4.81. The van der Waals surface area contributed by atoms with Gasteiger partial charge in [0.1, 0.15) is 5.82 Å². The zero-order chi connectivity index (χ0) is 14.0. The Bertz CT molecular complexity index is 652. The molecule has 0 aliphatic rings. The fourth-order valence-corrected chi connectivity index (χ4v) is 2.24. The van der Waals surface area contributed by atoms with Gasteiger partial charge in [-0.25, -0.2) is 4.98 Å². The molecule has 0 radical (unpaired) electrons. The molecule has 0 unspecified atom stereocenters. The van der Waals surface area contributed by atoms with Crippen LogP contribution in [0.3, 0.4) is 0 Å². The summed E-state index contributed by atoms with van der Waals surface area (Å²) in [4.78, 5) is 18.9. The molecule has 2 rings (SSSR count). The lowest BCUT2D eigenvalue weighted by molar-refractivity contribution is 0.634. The molecule has 19 heavy (non-hydrogen) atoms. The van der Waals surface area contributed by atoms with E-state index >= 15 is 0 Å². The molecule has 1 aromatic heterocycles. The first kappa shape index (κ1) is 14.3. The van der Waals surface area contributed by atoms with Crippen LogP contribution in [-0.4, -0.2) is 9.97 Å². The van der Waals surface area contributed by atoms with E-state index in [1.54, 1.807) is 12.1 Å². The normalized spacial score (nSPS) is 11.0. The minimum atomic E-state index is -0.139. The number of benzene rings is 1. The van der Waals surface area contributed by atoms with E-state index in [9.17, 15) is 4.79 Å². The number of hydrogen-bond donors (Lipinski definition) is 1. The molecular weight excluding hydrogens is 328 g/mol. The van der Waals surface area contributed by atoms with Gasteiger partial charge in [-0.15, -0.1) is 0 Å². The average Bonchev–Trinajstić information content (AvgIpc) is 2.31. The van der Waals surface area contributed by atoms with Gasteiger partial charge < -0.3 is 4.98 Å². The van der Waals surface area contributed by atoms with Crippen molar-refractivity contribution in [3.05, 3.63) is 49.8 Å². The van der Waals surface area contributed by atoms with Crippen LogP contribution in [0.1, 0.15) is 19.5 Å². The van der Waals surface area contributed by atoms with Crippen molar-refractivity contribution in [1.82, 2.24) is 9.97 Å². The second-order valence-corrected chi connectivity index (χ2v) is 6.07. The van der Waals surface area contributed by atoms with Crippen molar-refractivity contribution in [3.63, 3.8) is 0 Å². The smallest absolute Gasteiger partial charge is 0.251 e. The molecule has 2 aromatic rings. The third-order valence-corrected chi connectivity index (χ3v) is 3.84. The monoisotopic (exact) mass is 340 g/mol. The maximum absolute atomic E-state index is 11.7. The molecule has 1 N–H and O–H groups in total. The van der Waals surface area contributed by atoms with Crippen molar-refractivity contribution in [1.29, 1.82) is 0 Å².